The predicted molar refractivity (Wildman–Crippen MR) is 86.2 cm³/mol. The topological polar surface area (TPSA) is 49.4 Å². The number of carbonyl (C=O) groups is 2. The Morgan fingerprint density at radius 2 is 1.86 bits per heavy atom. The molecule has 2 saturated carbocycles. The minimum absolute atomic E-state index is 0.111. The van der Waals surface area contributed by atoms with Gasteiger partial charge in [0.05, 0.1) is 5.92 Å². The van der Waals surface area contributed by atoms with Crippen LogP contribution < -0.4 is 5.32 Å². The number of hydrogen-bond acceptors (Lipinski definition) is 2. The Kier molecular flexibility index (Phi) is 4.74. The molecule has 0 aromatic rings. The molecule has 1 N–H and O–H groups in total. The largest absolute Gasteiger partial charge is 0.353 e. The molecule has 0 unspecified atom stereocenters. The first-order valence-corrected chi connectivity index (χ1v) is 9.14. The zero-order valence-electron chi connectivity index (χ0n) is 14.0. The molecule has 4 nitrogen and oxygen atoms in total. The van der Waals surface area contributed by atoms with Gasteiger partial charge < -0.3 is 10.2 Å². The summed E-state index contributed by atoms with van der Waals surface area (Å²) >= 11 is 0. The van der Waals surface area contributed by atoms with Crippen LogP contribution in [0.5, 0.6) is 0 Å². The summed E-state index contributed by atoms with van der Waals surface area (Å²) in [5.74, 6) is 1.50. The minimum atomic E-state index is -0.125. The Labute approximate surface area is 134 Å². The van der Waals surface area contributed by atoms with Gasteiger partial charge in [-0.25, -0.2) is 0 Å². The number of hydrogen-bond donors (Lipinski definition) is 1. The lowest BCUT2D eigenvalue weighted by atomic mass is 9.79. The lowest BCUT2D eigenvalue weighted by Crippen LogP contribution is -2.45. The van der Waals surface area contributed by atoms with E-state index in [1.165, 1.54) is 25.7 Å². The second kappa shape index (κ2) is 6.59. The lowest BCUT2D eigenvalue weighted by Gasteiger charge is -2.33. The maximum Gasteiger partial charge on any atom is 0.225 e. The third-order valence-corrected chi connectivity index (χ3v) is 6.05. The van der Waals surface area contributed by atoms with Gasteiger partial charge in [0, 0.05) is 25.0 Å². The molecule has 1 aliphatic heterocycles. The molecule has 124 valence electrons. The summed E-state index contributed by atoms with van der Waals surface area (Å²) in [6.45, 7) is 5.18. The van der Waals surface area contributed by atoms with Crippen LogP contribution in [0.15, 0.2) is 0 Å². The first-order valence-electron chi connectivity index (χ1n) is 9.14. The van der Waals surface area contributed by atoms with Crippen LogP contribution in [-0.4, -0.2) is 35.3 Å². The molecule has 3 rings (SSSR count). The lowest BCUT2D eigenvalue weighted by molar-refractivity contribution is -0.130. The maximum absolute atomic E-state index is 12.6. The van der Waals surface area contributed by atoms with Crippen LogP contribution in [-0.2, 0) is 9.59 Å². The van der Waals surface area contributed by atoms with Crippen molar-refractivity contribution in [1.29, 1.82) is 0 Å². The zero-order chi connectivity index (χ0) is 15.7. The van der Waals surface area contributed by atoms with E-state index in [2.05, 4.69) is 19.2 Å². The van der Waals surface area contributed by atoms with Gasteiger partial charge >= 0.3 is 0 Å². The minimum Gasteiger partial charge on any atom is -0.353 e. The highest BCUT2D eigenvalue weighted by molar-refractivity contribution is 5.89. The number of likely N-dealkylation sites (tertiary alicyclic amines) is 1. The molecule has 4 heteroatoms. The van der Waals surface area contributed by atoms with Gasteiger partial charge in [-0.2, -0.15) is 0 Å². The fraction of sp³-hybridized carbons (Fsp3) is 0.889. The summed E-state index contributed by atoms with van der Waals surface area (Å²) in [5, 5.41) is 3.24. The highest BCUT2D eigenvalue weighted by Gasteiger charge is 2.39. The second-order valence-corrected chi connectivity index (χ2v) is 7.90. The van der Waals surface area contributed by atoms with Gasteiger partial charge in [-0.15, -0.1) is 0 Å². The van der Waals surface area contributed by atoms with Crippen LogP contribution in [0.25, 0.3) is 0 Å². The Morgan fingerprint density at radius 1 is 1.14 bits per heavy atom. The Bertz CT molecular complexity index is 431. The summed E-state index contributed by atoms with van der Waals surface area (Å²) < 4.78 is 0. The van der Waals surface area contributed by atoms with E-state index in [1.54, 1.807) is 0 Å². The normalized spacial score (nSPS) is 36.8. The average Bonchev–Trinajstić information content (AvgIpc) is 3.10. The third-order valence-electron chi connectivity index (χ3n) is 6.05. The van der Waals surface area contributed by atoms with Crippen LogP contribution in [0.1, 0.15) is 65.2 Å². The van der Waals surface area contributed by atoms with Crippen LogP contribution >= 0.6 is 0 Å². The van der Waals surface area contributed by atoms with Crippen molar-refractivity contribution < 1.29 is 9.59 Å². The molecule has 1 saturated heterocycles. The zero-order valence-corrected chi connectivity index (χ0v) is 14.0. The van der Waals surface area contributed by atoms with Crippen molar-refractivity contribution in [3.05, 3.63) is 0 Å². The highest BCUT2D eigenvalue weighted by atomic mass is 16.2. The molecule has 3 aliphatic rings. The van der Waals surface area contributed by atoms with E-state index in [0.717, 1.165) is 25.2 Å². The van der Waals surface area contributed by atoms with Crippen molar-refractivity contribution >= 4 is 11.8 Å². The van der Waals surface area contributed by atoms with Crippen LogP contribution in [0.3, 0.4) is 0 Å². The van der Waals surface area contributed by atoms with E-state index >= 15 is 0 Å². The first-order chi connectivity index (χ1) is 10.5. The van der Waals surface area contributed by atoms with E-state index in [4.69, 9.17) is 0 Å². The Morgan fingerprint density at radius 3 is 2.55 bits per heavy atom. The third kappa shape index (κ3) is 3.31. The van der Waals surface area contributed by atoms with Crippen LogP contribution in [0.4, 0.5) is 0 Å². The molecule has 4 atom stereocenters. The van der Waals surface area contributed by atoms with Gasteiger partial charge in [0.2, 0.25) is 11.8 Å². The maximum atomic E-state index is 12.6. The molecule has 1 heterocycles. The van der Waals surface area contributed by atoms with E-state index in [9.17, 15) is 9.59 Å². The number of rotatable bonds is 3. The van der Waals surface area contributed by atoms with Gasteiger partial charge in [-0.1, -0.05) is 26.7 Å². The molecular weight excluding hydrogens is 276 g/mol. The Balaban J connectivity index is 1.53. The fourth-order valence-corrected chi connectivity index (χ4v) is 4.66. The SMILES string of the molecule is C[C@@H]1CC[C@H](NC(=O)[C@@H]2CC(=O)N(C3CCCC3)C2)[C@H](C)C1. The quantitative estimate of drug-likeness (QED) is 0.871. The second-order valence-electron chi connectivity index (χ2n) is 7.90. The van der Waals surface area contributed by atoms with Crippen molar-refractivity contribution in [2.24, 2.45) is 17.8 Å². The molecule has 2 aliphatic carbocycles. The Hall–Kier alpha value is -1.06. The van der Waals surface area contributed by atoms with Crippen LogP contribution in [0, 0.1) is 17.8 Å². The molecule has 0 spiro atoms. The summed E-state index contributed by atoms with van der Waals surface area (Å²) in [5.41, 5.74) is 0. The summed E-state index contributed by atoms with van der Waals surface area (Å²) in [7, 11) is 0. The number of carbonyl (C=O) groups excluding carboxylic acids is 2. The first kappa shape index (κ1) is 15.8. The van der Waals surface area contributed by atoms with Gasteiger partial charge in [-0.05, 0) is 43.9 Å². The van der Waals surface area contributed by atoms with Crippen molar-refractivity contribution in [1.82, 2.24) is 10.2 Å². The van der Waals surface area contributed by atoms with Crippen molar-refractivity contribution in [3.63, 3.8) is 0 Å². The van der Waals surface area contributed by atoms with Gasteiger partial charge in [0.1, 0.15) is 0 Å². The molecule has 2 amide bonds. The van der Waals surface area contributed by atoms with Gasteiger partial charge in [0.15, 0.2) is 0 Å². The van der Waals surface area contributed by atoms with Crippen LogP contribution in [0.2, 0.25) is 0 Å². The van der Waals surface area contributed by atoms with Crippen molar-refractivity contribution in [2.75, 3.05) is 6.54 Å². The molecule has 0 aromatic carbocycles. The van der Waals surface area contributed by atoms with Gasteiger partial charge in [-0.3, -0.25) is 9.59 Å². The molecule has 0 bridgehead atoms. The smallest absolute Gasteiger partial charge is 0.225 e. The molecule has 3 fully saturated rings. The average molecular weight is 306 g/mol. The van der Waals surface area contributed by atoms with Crippen molar-refractivity contribution in [2.45, 2.75) is 77.3 Å². The van der Waals surface area contributed by atoms with Gasteiger partial charge in [0.25, 0.3) is 0 Å². The van der Waals surface area contributed by atoms with E-state index in [-0.39, 0.29) is 17.7 Å². The number of nitrogens with zero attached hydrogens (tertiary/aromatic N) is 1. The molecule has 0 radical (unpaired) electrons. The fourth-order valence-electron chi connectivity index (χ4n) is 4.66. The number of nitrogens with one attached hydrogen (secondary N) is 1. The van der Waals surface area contributed by atoms with E-state index in [0.29, 0.717) is 31.0 Å². The summed E-state index contributed by atoms with van der Waals surface area (Å²) in [6.07, 6.45) is 8.60. The predicted octanol–water partition coefficient (Wildman–Crippen LogP) is 2.72. The summed E-state index contributed by atoms with van der Waals surface area (Å²) in [4.78, 5) is 26.8. The van der Waals surface area contributed by atoms with E-state index < -0.39 is 0 Å². The van der Waals surface area contributed by atoms with E-state index in [1.807, 2.05) is 4.90 Å². The molecular formula is C18H30N2O2. The number of amides is 2. The summed E-state index contributed by atoms with van der Waals surface area (Å²) in [6, 6.07) is 0.707. The van der Waals surface area contributed by atoms with Crippen molar-refractivity contribution in [3.8, 4) is 0 Å². The monoisotopic (exact) mass is 306 g/mol. The highest BCUT2D eigenvalue weighted by Crippen LogP contribution is 2.31. The molecule has 22 heavy (non-hydrogen) atoms. The standard InChI is InChI=1S/C18H30N2O2/c1-12-7-8-16(13(2)9-12)19-18(22)14-10-17(21)20(11-14)15-5-3-4-6-15/h12-16H,3-11H2,1-2H3,(H,19,22)/t12-,13-,14-,16+/m1/s1. The molecule has 0 aromatic heterocycles.